The molecule has 1 aromatic heterocycles. The summed E-state index contributed by atoms with van der Waals surface area (Å²) >= 11 is 0. The Bertz CT molecular complexity index is 859. The van der Waals surface area contributed by atoms with Gasteiger partial charge in [0.15, 0.2) is 5.96 Å². The highest BCUT2D eigenvalue weighted by Gasteiger charge is 2.33. The monoisotopic (exact) mass is 511 g/mol. The molecule has 0 aliphatic carbocycles. The normalized spacial score (nSPS) is 17.7. The zero-order chi connectivity index (χ0) is 20.3. The zero-order valence-corrected chi connectivity index (χ0v) is 20.7. The molecule has 1 unspecified atom stereocenters. The second-order valence-electron chi connectivity index (χ2n) is 8.08. The van der Waals surface area contributed by atoms with Gasteiger partial charge in [0.1, 0.15) is 11.4 Å². The highest BCUT2D eigenvalue weighted by atomic mass is 127. The van der Waals surface area contributed by atoms with Gasteiger partial charge in [-0.3, -0.25) is 9.67 Å². The average Bonchev–Trinajstić information content (AvgIpc) is 2.87. The third-order valence-corrected chi connectivity index (χ3v) is 5.32. The minimum Gasteiger partial charge on any atom is -0.487 e. The van der Waals surface area contributed by atoms with Crippen molar-refractivity contribution in [1.29, 1.82) is 0 Å². The van der Waals surface area contributed by atoms with Crippen LogP contribution in [0.3, 0.4) is 0 Å². The van der Waals surface area contributed by atoms with Crippen molar-refractivity contribution >= 4 is 29.9 Å². The van der Waals surface area contributed by atoms with Crippen LogP contribution in [0.15, 0.2) is 29.3 Å². The maximum absolute atomic E-state index is 6.15. The van der Waals surface area contributed by atoms with E-state index in [1.54, 1.807) is 0 Å². The number of guanidine groups is 1. The molecule has 1 aromatic carbocycles. The quantitative estimate of drug-likeness (QED) is 0.361. The molecule has 2 heterocycles. The van der Waals surface area contributed by atoms with E-state index >= 15 is 0 Å². The molecule has 6 nitrogen and oxygen atoms in total. The first-order valence-electron chi connectivity index (χ1n) is 10.1. The number of aryl methyl sites for hydroxylation is 2. The number of aliphatic imine (C=N–C) groups is 1. The Morgan fingerprint density at radius 1 is 1.31 bits per heavy atom. The van der Waals surface area contributed by atoms with E-state index in [0.717, 1.165) is 43.3 Å². The smallest absolute Gasteiger partial charge is 0.191 e. The van der Waals surface area contributed by atoms with E-state index in [9.17, 15) is 0 Å². The number of ether oxygens (including phenoxy) is 1. The van der Waals surface area contributed by atoms with Crippen LogP contribution in [0, 0.1) is 13.8 Å². The highest BCUT2D eigenvalue weighted by Crippen LogP contribution is 2.39. The van der Waals surface area contributed by atoms with E-state index in [1.165, 1.54) is 16.8 Å². The van der Waals surface area contributed by atoms with E-state index in [4.69, 9.17) is 9.73 Å². The summed E-state index contributed by atoms with van der Waals surface area (Å²) in [6.07, 6.45) is 1.77. The Kier molecular flexibility index (Phi) is 7.96. The lowest BCUT2D eigenvalue weighted by Gasteiger charge is -2.38. The fourth-order valence-corrected chi connectivity index (χ4v) is 3.87. The SMILES string of the molecule is CCNC(=NCCc1c(C)nn(C)c1C)NC1CC(C)(C)Oc2ccccc21.I. The Labute approximate surface area is 191 Å². The molecule has 2 aromatic rings. The summed E-state index contributed by atoms with van der Waals surface area (Å²) in [4.78, 5) is 4.83. The van der Waals surface area contributed by atoms with Gasteiger partial charge in [-0.25, -0.2) is 0 Å². The van der Waals surface area contributed by atoms with Crippen LogP contribution < -0.4 is 15.4 Å². The molecule has 7 heteroatoms. The lowest BCUT2D eigenvalue weighted by Crippen LogP contribution is -2.45. The van der Waals surface area contributed by atoms with Gasteiger partial charge in [0, 0.05) is 37.8 Å². The van der Waals surface area contributed by atoms with Crippen LogP contribution in [-0.2, 0) is 13.5 Å². The summed E-state index contributed by atoms with van der Waals surface area (Å²) in [5, 5.41) is 11.5. The van der Waals surface area contributed by atoms with Gasteiger partial charge in [-0.05, 0) is 52.7 Å². The van der Waals surface area contributed by atoms with Crippen LogP contribution in [0.5, 0.6) is 5.75 Å². The minimum atomic E-state index is -0.215. The topological polar surface area (TPSA) is 63.5 Å². The zero-order valence-electron chi connectivity index (χ0n) is 18.4. The number of para-hydroxylation sites is 1. The molecule has 1 aliphatic rings. The first kappa shape index (κ1) is 23.5. The third kappa shape index (κ3) is 5.65. The summed E-state index contributed by atoms with van der Waals surface area (Å²) in [5.74, 6) is 1.80. The van der Waals surface area contributed by atoms with E-state index < -0.39 is 0 Å². The Balaban J connectivity index is 0.00000300. The Morgan fingerprint density at radius 3 is 2.69 bits per heavy atom. The molecule has 3 rings (SSSR count). The first-order chi connectivity index (χ1) is 13.3. The molecule has 160 valence electrons. The number of fused-ring (bicyclic) bond motifs is 1. The van der Waals surface area contributed by atoms with E-state index in [-0.39, 0.29) is 35.6 Å². The molecule has 0 saturated heterocycles. The van der Waals surface area contributed by atoms with Crippen molar-refractivity contribution in [2.45, 2.75) is 59.1 Å². The summed E-state index contributed by atoms with van der Waals surface area (Å²) in [6, 6.07) is 8.43. The molecule has 0 fully saturated rings. The van der Waals surface area contributed by atoms with Crippen LogP contribution in [-0.4, -0.2) is 34.4 Å². The lowest BCUT2D eigenvalue weighted by molar-refractivity contribution is 0.0694. The molecule has 0 saturated carbocycles. The van der Waals surface area contributed by atoms with E-state index in [1.807, 2.05) is 23.9 Å². The van der Waals surface area contributed by atoms with Gasteiger partial charge < -0.3 is 15.4 Å². The van der Waals surface area contributed by atoms with Crippen LogP contribution in [0.25, 0.3) is 0 Å². The van der Waals surface area contributed by atoms with Gasteiger partial charge in [0.2, 0.25) is 0 Å². The fraction of sp³-hybridized carbons (Fsp3) is 0.545. The number of rotatable bonds is 5. The Hall–Kier alpha value is -1.77. The predicted molar refractivity (Wildman–Crippen MR) is 129 cm³/mol. The average molecular weight is 511 g/mol. The largest absolute Gasteiger partial charge is 0.487 e. The van der Waals surface area contributed by atoms with Crippen LogP contribution in [0.1, 0.15) is 55.7 Å². The molecule has 0 radical (unpaired) electrons. The lowest BCUT2D eigenvalue weighted by atomic mass is 9.90. The molecule has 2 N–H and O–H groups in total. The summed E-state index contributed by atoms with van der Waals surface area (Å²) < 4.78 is 8.09. The number of halogens is 1. The molecule has 0 spiro atoms. The molecule has 0 bridgehead atoms. The number of nitrogens with zero attached hydrogens (tertiary/aromatic N) is 3. The predicted octanol–water partition coefficient (Wildman–Crippen LogP) is 4.05. The van der Waals surface area contributed by atoms with E-state index in [0.29, 0.717) is 0 Å². The minimum absolute atomic E-state index is 0. The van der Waals surface area contributed by atoms with Crippen molar-refractivity contribution < 1.29 is 4.74 Å². The van der Waals surface area contributed by atoms with Gasteiger partial charge in [0.25, 0.3) is 0 Å². The van der Waals surface area contributed by atoms with Crippen molar-refractivity contribution in [3.63, 3.8) is 0 Å². The second kappa shape index (κ2) is 9.82. The molecule has 0 amide bonds. The number of hydrogen-bond donors (Lipinski definition) is 2. The summed E-state index contributed by atoms with van der Waals surface area (Å²) in [6.45, 7) is 12.1. The maximum Gasteiger partial charge on any atom is 0.191 e. The Morgan fingerprint density at radius 2 is 2.03 bits per heavy atom. The molecule has 29 heavy (non-hydrogen) atoms. The highest BCUT2D eigenvalue weighted by molar-refractivity contribution is 14.0. The van der Waals surface area contributed by atoms with Crippen LogP contribution in [0.2, 0.25) is 0 Å². The van der Waals surface area contributed by atoms with Gasteiger partial charge in [-0.15, -0.1) is 24.0 Å². The maximum atomic E-state index is 6.15. The number of nitrogens with one attached hydrogen (secondary N) is 2. The van der Waals surface area contributed by atoms with Crippen LogP contribution in [0.4, 0.5) is 0 Å². The summed E-state index contributed by atoms with van der Waals surface area (Å²) in [7, 11) is 1.99. The number of benzene rings is 1. The van der Waals surface area contributed by atoms with Crippen molar-refractivity contribution in [1.82, 2.24) is 20.4 Å². The van der Waals surface area contributed by atoms with Gasteiger partial charge >= 0.3 is 0 Å². The van der Waals surface area contributed by atoms with Crippen molar-refractivity contribution in [2.24, 2.45) is 12.0 Å². The number of aromatic nitrogens is 2. The number of hydrogen-bond acceptors (Lipinski definition) is 3. The standard InChI is InChI=1S/C22H33N5O.HI/c1-7-23-21(24-13-12-17-15(2)26-27(6)16(17)3)25-19-14-22(4,5)28-20-11-9-8-10-18(19)20;/h8-11,19H,7,12-14H2,1-6H3,(H2,23,24,25);1H. The fourth-order valence-electron chi connectivity index (χ4n) is 3.87. The molecule has 1 atom stereocenters. The van der Waals surface area contributed by atoms with Gasteiger partial charge in [-0.2, -0.15) is 5.10 Å². The van der Waals surface area contributed by atoms with Crippen molar-refractivity contribution in [2.75, 3.05) is 13.1 Å². The summed E-state index contributed by atoms with van der Waals surface area (Å²) in [5.41, 5.74) is 4.57. The molecular weight excluding hydrogens is 477 g/mol. The molecule has 1 aliphatic heterocycles. The van der Waals surface area contributed by atoms with Crippen molar-refractivity contribution in [3.05, 3.63) is 46.8 Å². The van der Waals surface area contributed by atoms with Gasteiger partial charge in [-0.1, -0.05) is 18.2 Å². The first-order valence-corrected chi connectivity index (χ1v) is 10.1. The van der Waals surface area contributed by atoms with E-state index in [2.05, 4.69) is 62.5 Å². The van der Waals surface area contributed by atoms with Gasteiger partial charge in [0.05, 0.1) is 11.7 Å². The van der Waals surface area contributed by atoms with Crippen molar-refractivity contribution in [3.8, 4) is 5.75 Å². The van der Waals surface area contributed by atoms with Crippen LogP contribution >= 0.6 is 24.0 Å². The second-order valence-corrected chi connectivity index (χ2v) is 8.08. The molecular formula is C22H34IN5O. The third-order valence-electron chi connectivity index (χ3n) is 5.32.